The van der Waals surface area contributed by atoms with Gasteiger partial charge in [-0.05, 0) is 31.6 Å². The van der Waals surface area contributed by atoms with E-state index in [0.29, 0.717) is 5.92 Å². The van der Waals surface area contributed by atoms with Crippen molar-refractivity contribution in [3.8, 4) is 0 Å². The van der Waals surface area contributed by atoms with Crippen LogP contribution in [0.15, 0.2) is 4.99 Å². The summed E-state index contributed by atoms with van der Waals surface area (Å²) < 4.78 is 11.1. The van der Waals surface area contributed by atoms with E-state index in [4.69, 9.17) is 9.47 Å². The van der Waals surface area contributed by atoms with Crippen LogP contribution < -0.4 is 10.6 Å². The molecule has 2 N–H and O–H groups in total. The van der Waals surface area contributed by atoms with Gasteiger partial charge in [-0.1, -0.05) is 33.1 Å². The summed E-state index contributed by atoms with van der Waals surface area (Å²) in [5.41, 5.74) is 0. The van der Waals surface area contributed by atoms with Gasteiger partial charge in [0, 0.05) is 39.3 Å². The summed E-state index contributed by atoms with van der Waals surface area (Å²) in [5.74, 6) is 2.27. The van der Waals surface area contributed by atoms with Crippen molar-refractivity contribution >= 4 is 5.96 Å². The van der Waals surface area contributed by atoms with Gasteiger partial charge in [0.05, 0.1) is 13.2 Å². The molecule has 2 unspecified atom stereocenters. The van der Waals surface area contributed by atoms with Crippen LogP contribution >= 0.6 is 0 Å². The average Bonchev–Trinajstić information content (AvgIpc) is 3.11. The highest BCUT2D eigenvalue weighted by Gasteiger charge is 2.15. The van der Waals surface area contributed by atoms with Crippen molar-refractivity contribution in [2.75, 3.05) is 46.6 Å². The molecule has 0 amide bonds. The van der Waals surface area contributed by atoms with Gasteiger partial charge in [-0.2, -0.15) is 0 Å². The van der Waals surface area contributed by atoms with Crippen molar-refractivity contribution in [3.05, 3.63) is 0 Å². The summed E-state index contributed by atoms with van der Waals surface area (Å²) in [7, 11) is 1.84. The fraction of sp³-hybridized carbons (Fsp3) is 0.947. The monoisotopic (exact) mass is 341 g/mol. The molecule has 0 saturated carbocycles. The predicted octanol–water partition coefficient (Wildman–Crippen LogP) is 3.20. The Bertz CT molecular complexity index is 318. The maximum atomic E-state index is 5.73. The zero-order valence-corrected chi connectivity index (χ0v) is 16.1. The predicted molar refractivity (Wildman–Crippen MR) is 102 cm³/mol. The van der Waals surface area contributed by atoms with E-state index in [9.17, 15) is 0 Å². The van der Waals surface area contributed by atoms with Gasteiger partial charge in [0.15, 0.2) is 5.96 Å². The normalized spacial score (nSPS) is 19.5. The Hall–Kier alpha value is -0.810. The van der Waals surface area contributed by atoms with Crippen LogP contribution in [0.25, 0.3) is 0 Å². The van der Waals surface area contributed by atoms with Crippen LogP contribution in [-0.2, 0) is 9.47 Å². The van der Waals surface area contributed by atoms with E-state index in [1.54, 1.807) is 0 Å². The SMILES string of the molecule is CCCCC(CCC)CNC(=NC)NCCCOCC1CCOC1. The maximum absolute atomic E-state index is 5.73. The van der Waals surface area contributed by atoms with E-state index >= 15 is 0 Å². The van der Waals surface area contributed by atoms with E-state index < -0.39 is 0 Å². The zero-order valence-electron chi connectivity index (χ0n) is 16.1. The second kappa shape index (κ2) is 14.5. The summed E-state index contributed by atoms with van der Waals surface area (Å²) in [5, 5.41) is 6.87. The van der Waals surface area contributed by atoms with Crippen LogP contribution in [0.3, 0.4) is 0 Å². The highest BCUT2D eigenvalue weighted by Crippen LogP contribution is 2.14. The molecule has 0 aromatic rings. The molecule has 5 heteroatoms. The van der Waals surface area contributed by atoms with Gasteiger partial charge < -0.3 is 20.1 Å². The first-order chi connectivity index (χ1) is 11.8. The summed E-state index contributed by atoms with van der Waals surface area (Å²) in [4.78, 5) is 4.32. The standard InChI is InChI=1S/C19H39N3O2/c1-4-6-9-17(8-5-2)14-22-19(20-3)21-11-7-12-23-15-18-10-13-24-16-18/h17-18H,4-16H2,1-3H3,(H2,20,21,22). The Morgan fingerprint density at radius 1 is 1.21 bits per heavy atom. The lowest BCUT2D eigenvalue weighted by molar-refractivity contribution is 0.0888. The minimum absolute atomic E-state index is 0.603. The van der Waals surface area contributed by atoms with Crippen molar-refractivity contribution in [2.24, 2.45) is 16.8 Å². The van der Waals surface area contributed by atoms with E-state index in [0.717, 1.165) is 64.2 Å². The molecule has 0 spiro atoms. The third-order valence-electron chi connectivity index (χ3n) is 4.58. The fourth-order valence-electron chi connectivity index (χ4n) is 3.06. The lowest BCUT2D eigenvalue weighted by atomic mass is 9.97. The first-order valence-electron chi connectivity index (χ1n) is 9.90. The van der Waals surface area contributed by atoms with Crippen LogP contribution in [0.5, 0.6) is 0 Å². The summed E-state index contributed by atoms with van der Waals surface area (Å²) in [6, 6.07) is 0. The van der Waals surface area contributed by atoms with Gasteiger partial charge >= 0.3 is 0 Å². The topological polar surface area (TPSA) is 54.9 Å². The van der Waals surface area contributed by atoms with Crippen molar-refractivity contribution in [2.45, 2.75) is 58.8 Å². The molecule has 0 aromatic carbocycles. The van der Waals surface area contributed by atoms with Crippen molar-refractivity contribution in [3.63, 3.8) is 0 Å². The minimum Gasteiger partial charge on any atom is -0.381 e. The van der Waals surface area contributed by atoms with Gasteiger partial charge in [0.2, 0.25) is 0 Å². The molecule has 0 aliphatic carbocycles. The largest absolute Gasteiger partial charge is 0.381 e. The molecule has 1 rings (SSSR count). The molecule has 1 fully saturated rings. The Kier molecular flexibility index (Phi) is 12.9. The van der Waals surface area contributed by atoms with Crippen molar-refractivity contribution in [1.82, 2.24) is 10.6 Å². The summed E-state index contributed by atoms with van der Waals surface area (Å²) in [6.07, 6.45) is 8.61. The second-order valence-electron chi connectivity index (χ2n) is 6.83. The lowest BCUT2D eigenvalue weighted by Crippen LogP contribution is -2.40. The fourth-order valence-corrected chi connectivity index (χ4v) is 3.06. The van der Waals surface area contributed by atoms with Gasteiger partial charge in [-0.15, -0.1) is 0 Å². The number of nitrogens with zero attached hydrogens (tertiary/aromatic N) is 1. The van der Waals surface area contributed by atoms with Crippen LogP contribution in [0, 0.1) is 11.8 Å². The lowest BCUT2D eigenvalue weighted by Gasteiger charge is -2.19. The van der Waals surface area contributed by atoms with Crippen LogP contribution in [0.4, 0.5) is 0 Å². The molecular formula is C19H39N3O2. The van der Waals surface area contributed by atoms with Gasteiger partial charge in [0.25, 0.3) is 0 Å². The first-order valence-corrected chi connectivity index (χ1v) is 9.90. The molecule has 5 nitrogen and oxygen atoms in total. The van der Waals surface area contributed by atoms with Crippen molar-refractivity contribution < 1.29 is 9.47 Å². The Morgan fingerprint density at radius 3 is 2.75 bits per heavy atom. The van der Waals surface area contributed by atoms with E-state index in [-0.39, 0.29) is 0 Å². The minimum atomic E-state index is 0.603. The molecule has 0 bridgehead atoms. The second-order valence-corrected chi connectivity index (χ2v) is 6.83. The molecule has 0 radical (unpaired) electrons. The zero-order chi connectivity index (χ0) is 17.5. The third-order valence-corrected chi connectivity index (χ3v) is 4.58. The first kappa shape index (κ1) is 21.2. The third kappa shape index (κ3) is 10.1. The van der Waals surface area contributed by atoms with E-state index in [1.807, 2.05) is 7.05 Å². The van der Waals surface area contributed by atoms with Crippen molar-refractivity contribution in [1.29, 1.82) is 0 Å². The molecule has 2 atom stereocenters. The molecule has 1 saturated heterocycles. The molecular weight excluding hydrogens is 302 g/mol. The molecule has 1 aliphatic rings. The van der Waals surface area contributed by atoms with E-state index in [2.05, 4.69) is 29.5 Å². The number of ether oxygens (including phenoxy) is 2. The average molecular weight is 342 g/mol. The smallest absolute Gasteiger partial charge is 0.190 e. The molecule has 1 aliphatic heterocycles. The Labute approximate surface area is 149 Å². The maximum Gasteiger partial charge on any atom is 0.190 e. The quantitative estimate of drug-likeness (QED) is 0.307. The molecule has 1 heterocycles. The summed E-state index contributed by atoms with van der Waals surface area (Å²) >= 11 is 0. The van der Waals surface area contributed by atoms with Crippen LogP contribution in [0.2, 0.25) is 0 Å². The molecule has 142 valence electrons. The van der Waals surface area contributed by atoms with Crippen LogP contribution in [0.1, 0.15) is 58.8 Å². The Morgan fingerprint density at radius 2 is 2.08 bits per heavy atom. The highest BCUT2D eigenvalue weighted by molar-refractivity contribution is 5.79. The molecule has 24 heavy (non-hydrogen) atoms. The highest BCUT2D eigenvalue weighted by atomic mass is 16.5. The summed E-state index contributed by atoms with van der Waals surface area (Å²) in [6.45, 7) is 9.85. The number of hydrogen-bond donors (Lipinski definition) is 2. The number of unbranched alkanes of at least 4 members (excludes halogenated alkanes) is 1. The van der Waals surface area contributed by atoms with Gasteiger partial charge in [0.1, 0.15) is 0 Å². The number of aliphatic imine (C=N–C) groups is 1. The van der Waals surface area contributed by atoms with Gasteiger partial charge in [-0.25, -0.2) is 0 Å². The van der Waals surface area contributed by atoms with Crippen LogP contribution in [-0.4, -0.2) is 52.5 Å². The number of guanidine groups is 1. The molecule has 0 aromatic heterocycles. The Balaban J connectivity index is 2.06. The number of hydrogen-bond acceptors (Lipinski definition) is 3. The van der Waals surface area contributed by atoms with E-state index in [1.165, 1.54) is 32.1 Å². The number of nitrogens with one attached hydrogen (secondary N) is 2. The number of rotatable bonds is 13. The van der Waals surface area contributed by atoms with Gasteiger partial charge in [-0.3, -0.25) is 4.99 Å².